The summed E-state index contributed by atoms with van der Waals surface area (Å²) in [6.07, 6.45) is 8.04. The molecular weight excluding hydrogens is 298 g/mol. The first kappa shape index (κ1) is 13.1. The van der Waals surface area contributed by atoms with Gasteiger partial charge in [0.1, 0.15) is 0 Å². The molecule has 17 heavy (non-hydrogen) atoms. The number of allylic oxidation sites excluding steroid dienone is 1. The number of rotatable bonds is 3. The minimum atomic E-state index is 0.298. The van der Waals surface area contributed by atoms with Crippen LogP contribution in [0.1, 0.15) is 37.8 Å². The second kappa shape index (κ2) is 6.03. The Morgan fingerprint density at radius 2 is 2.24 bits per heavy atom. The zero-order chi connectivity index (χ0) is 12.3. The van der Waals surface area contributed by atoms with Crippen molar-refractivity contribution in [3.63, 3.8) is 0 Å². The summed E-state index contributed by atoms with van der Waals surface area (Å²) in [5.41, 5.74) is 1.17. The number of hydrogen-bond donors (Lipinski definition) is 1. The van der Waals surface area contributed by atoms with Crippen molar-refractivity contribution in [3.05, 3.63) is 45.4 Å². The molecule has 0 saturated heterocycles. The summed E-state index contributed by atoms with van der Waals surface area (Å²) in [4.78, 5) is 0. The second-order valence-corrected chi connectivity index (χ2v) is 5.86. The third-order valence-corrected chi connectivity index (χ3v) is 4.00. The van der Waals surface area contributed by atoms with Crippen molar-refractivity contribution in [2.75, 3.05) is 0 Å². The molecule has 0 aromatic heterocycles. The van der Waals surface area contributed by atoms with Crippen LogP contribution < -0.4 is 5.32 Å². The summed E-state index contributed by atoms with van der Waals surface area (Å²) in [7, 11) is 0. The van der Waals surface area contributed by atoms with Crippen molar-refractivity contribution < 1.29 is 0 Å². The quantitative estimate of drug-likeness (QED) is 0.785. The fraction of sp³-hybridized carbons (Fsp3) is 0.429. The lowest BCUT2D eigenvalue weighted by molar-refractivity contribution is 0.426. The smallest absolute Gasteiger partial charge is 0.0464 e. The van der Waals surface area contributed by atoms with Crippen molar-refractivity contribution in [2.45, 2.75) is 38.3 Å². The van der Waals surface area contributed by atoms with Crippen LogP contribution in [-0.4, -0.2) is 6.04 Å². The first-order valence-electron chi connectivity index (χ1n) is 6.03. The molecule has 92 valence electrons. The Bertz CT molecular complexity index is 417. The fourth-order valence-electron chi connectivity index (χ4n) is 2.24. The largest absolute Gasteiger partial charge is 0.307 e. The molecule has 1 aromatic carbocycles. The van der Waals surface area contributed by atoms with Gasteiger partial charge in [0.05, 0.1) is 0 Å². The Morgan fingerprint density at radius 3 is 2.88 bits per heavy atom. The van der Waals surface area contributed by atoms with Crippen LogP contribution in [0, 0.1) is 0 Å². The third-order valence-electron chi connectivity index (χ3n) is 3.18. The van der Waals surface area contributed by atoms with Gasteiger partial charge in [0, 0.05) is 21.6 Å². The maximum Gasteiger partial charge on any atom is 0.0464 e. The van der Waals surface area contributed by atoms with Crippen molar-refractivity contribution in [1.82, 2.24) is 5.32 Å². The number of hydrogen-bond acceptors (Lipinski definition) is 1. The van der Waals surface area contributed by atoms with E-state index >= 15 is 0 Å². The van der Waals surface area contributed by atoms with Gasteiger partial charge in [-0.25, -0.2) is 0 Å². The second-order valence-electron chi connectivity index (χ2n) is 4.54. The average Bonchev–Trinajstić information content (AvgIpc) is 2.30. The Hall–Kier alpha value is -0.310. The molecule has 0 amide bonds. The molecule has 1 aliphatic rings. The number of benzene rings is 1. The van der Waals surface area contributed by atoms with Crippen LogP contribution in [0.3, 0.4) is 0 Å². The van der Waals surface area contributed by atoms with Crippen LogP contribution in [-0.2, 0) is 0 Å². The molecule has 0 radical (unpaired) electrons. The Balaban J connectivity index is 2.03. The van der Waals surface area contributed by atoms with E-state index in [4.69, 9.17) is 11.6 Å². The minimum absolute atomic E-state index is 0.298. The highest BCUT2D eigenvalue weighted by atomic mass is 79.9. The molecule has 2 rings (SSSR count). The van der Waals surface area contributed by atoms with Gasteiger partial charge in [0.25, 0.3) is 0 Å². The lowest BCUT2D eigenvalue weighted by atomic mass is 9.99. The van der Waals surface area contributed by atoms with Crippen molar-refractivity contribution in [2.24, 2.45) is 0 Å². The predicted octanol–water partition coefficient (Wildman–Crippen LogP) is 4.86. The van der Waals surface area contributed by atoms with E-state index in [1.54, 1.807) is 0 Å². The van der Waals surface area contributed by atoms with Crippen LogP contribution in [0.2, 0.25) is 5.02 Å². The summed E-state index contributed by atoms with van der Waals surface area (Å²) in [5.74, 6) is 0. The van der Waals surface area contributed by atoms with Crippen LogP contribution >= 0.6 is 27.5 Å². The van der Waals surface area contributed by atoms with E-state index in [-0.39, 0.29) is 0 Å². The van der Waals surface area contributed by atoms with E-state index in [1.165, 1.54) is 18.4 Å². The number of halogens is 2. The van der Waals surface area contributed by atoms with E-state index in [2.05, 4.69) is 46.4 Å². The molecule has 0 aliphatic heterocycles. The first-order valence-corrected chi connectivity index (χ1v) is 7.20. The Kier molecular flexibility index (Phi) is 4.66. The maximum atomic E-state index is 6.26. The number of nitrogens with one attached hydrogen (secondary N) is 1. The molecule has 0 heterocycles. The molecular formula is C14H17BrClN. The van der Waals surface area contributed by atoms with Gasteiger partial charge in [-0.15, -0.1) is 0 Å². The monoisotopic (exact) mass is 313 g/mol. The van der Waals surface area contributed by atoms with Gasteiger partial charge in [-0.3, -0.25) is 0 Å². The van der Waals surface area contributed by atoms with Gasteiger partial charge >= 0.3 is 0 Å². The topological polar surface area (TPSA) is 12.0 Å². The fourth-order valence-corrected chi connectivity index (χ4v) is 3.08. The van der Waals surface area contributed by atoms with E-state index in [1.807, 2.05) is 12.1 Å². The molecule has 3 heteroatoms. The van der Waals surface area contributed by atoms with Crippen LogP contribution in [0.4, 0.5) is 0 Å². The molecule has 0 saturated carbocycles. The zero-order valence-electron chi connectivity index (χ0n) is 9.92. The summed E-state index contributed by atoms with van der Waals surface area (Å²) >= 11 is 9.69. The van der Waals surface area contributed by atoms with Crippen molar-refractivity contribution >= 4 is 27.5 Å². The Morgan fingerprint density at radius 1 is 1.41 bits per heavy atom. The van der Waals surface area contributed by atoms with Gasteiger partial charge in [0.2, 0.25) is 0 Å². The van der Waals surface area contributed by atoms with Crippen molar-refractivity contribution in [1.29, 1.82) is 0 Å². The van der Waals surface area contributed by atoms with Crippen molar-refractivity contribution in [3.8, 4) is 0 Å². The molecule has 2 atom stereocenters. The lowest BCUT2D eigenvalue weighted by Crippen LogP contribution is -2.32. The predicted molar refractivity (Wildman–Crippen MR) is 77.5 cm³/mol. The zero-order valence-corrected chi connectivity index (χ0v) is 12.3. The van der Waals surface area contributed by atoms with Gasteiger partial charge in [-0.2, -0.15) is 0 Å². The average molecular weight is 315 g/mol. The highest BCUT2D eigenvalue weighted by molar-refractivity contribution is 9.10. The van der Waals surface area contributed by atoms with Crippen LogP contribution in [0.5, 0.6) is 0 Å². The highest BCUT2D eigenvalue weighted by Crippen LogP contribution is 2.27. The highest BCUT2D eigenvalue weighted by Gasteiger charge is 2.15. The molecule has 1 aliphatic carbocycles. The van der Waals surface area contributed by atoms with Crippen LogP contribution in [0.15, 0.2) is 34.8 Å². The third kappa shape index (κ3) is 3.57. The summed E-state index contributed by atoms with van der Waals surface area (Å²) in [6.45, 7) is 2.17. The van der Waals surface area contributed by atoms with E-state index in [0.29, 0.717) is 12.1 Å². The normalized spacial score (nSPS) is 21.5. The van der Waals surface area contributed by atoms with E-state index < -0.39 is 0 Å². The van der Waals surface area contributed by atoms with E-state index in [0.717, 1.165) is 15.9 Å². The summed E-state index contributed by atoms with van der Waals surface area (Å²) in [5, 5.41) is 4.47. The summed E-state index contributed by atoms with van der Waals surface area (Å²) < 4.78 is 1.03. The molecule has 0 bridgehead atoms. The molecule has 1 aromatic rings. The standard InChI is InChI=1S/C14H17BrClN/c1-10(17-12-5-3-2-4-6-12)13-8-7-11(15)9-14(13)16/h2-3,7-10,12,17H,4-6H2,1H3. The maximum absolute atomic E-state index is 6.26. The minimum Gasteiger partial charge on any atom is -0.307 e. The van der Waals surface area contributed by atoms with E-state index in [9.17, 15) is 0 Å². The molecule has 0 fully saturated rings. The summed E-state index contributed by atoms with van der Waals surface area (Å²) in [6, 6.07) is 6.96. The SMILES string of the molecule is CC(NC1CC=CCC1)c1ccc(Br)cc1Cl. The molecule has 0 spiro atoms. The first-order chi connectivity index (χ1) is 8.16. The van der Waals surface area contributed by atoms with Gasteiger partial charge in [-0.05, 0) is 43.9 Å². The molecule has 2 unspecified atom stereocenters. The molecule has 1 nitrogen and oxygen atoms in total. The van der Waals surface area contributed by atoms with Gasteiger partial charge < -0.3 is 5.32 Å². The van der Waals surface area contributed by atoms with Gasteiger partial charge in [-0.1, -0.05) is 45.7 Å². The Labute approximate surface area is 116 Å². The lowest BCUT2D eigenvalue weighted by Gasteiger charge is -2.25. The van der Waals surface area contributed by atoms with Crippen LogP contribution in [0.25, 0.3) is 0 Å². The van der Waals surface area contributed by atoms with Gasteiger partial charge in [0.15, 0.2) is 0 Å². The molecule has 1 N–H and O–H groups in total.